The molecule has 0 bridgehead atoms. The van der Waals surface area contributed by atoms with Gasteiger partial charge in [0, 0.05) is 17.5 Å². The standard InChI is InChI=1S/C24H22ClN3O5/c1-15-12-22-27-24(29)19(23(26)28(22)33-15)13-16-4-9-20(21(14-16)30-2)32-11-3-10-31-18-7-5-17(25)6-8-18/h4-9,12-14,26H,3,10-11H2,1-2H3/b19-13+,26-23?. The Labute approximate surface area is 196 Å². The van der Waals surface area contributed by atoms with E-state index < -0.39 is 5.91 Å². The van der Waals surface area contributed by atoms with Gasteiger partial charge in [-0.2, -0.15) is 4.99 Å². The summed E-state index contributed by atoms with van der Waals surface area (Å²) in [6.07, 6.45) is 3.86. The molecule has 0 saturated heterocycles. The van der Waals surface area contributed by atoms with Crippen molar-refractivity contribution in [1.29, 1.82) is 5.41 Å². The van der Waals surface area contributed by atoms with E-state index in [0.717, 1.165) is 5.75 Å². The molecule has 0 aliphatic carbocycles. The van der Waals surface area contributed by atoms with E-state index in [1.165, 1.54) is 5.06 Å². The molecule has 9 heteroatoms. The van der Waals surface area contributed by atoms with Gasteiger partial charge < -0.3 is 19.0 Å². The van der Waals surface area contributed by atoms with Crippen LogP contribution in [0.1, 0.15) is 18.9 Å². The molecule has 0 saturated carbocycles. The lowest BCUT2D eigenvalue weighted by molar-refractivity contribution is -0.114. The van der Waals surface area contributed by atoms with Crippen molar-refractivity contribution in [3.05, 3.63) is 70.5 Å². The quantitative estimate of drug-likeness (QED) is 0.448. The zero-order valence-electron chi connectivity index (χ0n) is 18.1. The van der Waals surface area contributed by atoms with E-state index in [-0.39, 0.29) is 11.4 Å². The predicted molar refractivity (Wildman–Crippen MR) is 125 cm³/mol. The molecule has 2 aliphatic rings. The summed E-state index contributed by atoms with van der Waals surface area (Å²) in [5, 5.41) is 10.2. The van der Waals surface area contributed by atoms with Crippen molar-refractivity contribution < 1.29 is 23.8 Å². The number of halogens is 1. The molecule has 2 heterocycles. The lowest BCUT2D eigenvalue weighted by atomic mass is 10.1. The molecule has 2 aromatic carbocycles. The summed E-state index contributed by atoms with van der Waals surface area (Å²) in [6, 6.07) is 12.5. The van der Waals surface area contributed by atoms with Crippen LogP contribution in [0.2, 0.25) is 5.02 Å². The van der Waals surface area contributed by atoms with Gasteiger partial charge in [-0.25, -0.2) is 0 Å². The number of amides is 1. The first-order valence-electron chi connectivity index (χ1n) is 10.2. The van der Waals surface area contributed by atoms with E-state index >= 15 is 0 Å². The minimum Gasteiger partial charge on any atom is -0.493 e. The van der Waals surface area contributed by atoms with Crippen LogP contribution in [-0.4, -0.2) is 43.0 Å². The highest BCUT2D eigenvalue weighted by Gasteiger charge is 2.34. The highest BCUT2D eigenvalue weighted by atomic mass is 35.5. The van der Waals surface area contributed by atoms with Gasteiger partial charge >= 0.3 is 0 Å². The van der Waals surface area contributed by atoms with Gasteiger partial charge in [0.1, 0.15) is 11.5 Å². The summed E-state index contributed by atoms with van der Waals surface area (Å²) in [7, 11) is 1.54. The SMILES string of the molecule is COc1cc(/C=C2\C(=N)N3OC(C)=CC3=NC2=O)ccc1OCCCOc1ccc(Cl)cc1. The normalized spacial score (nSPS) is 16.2. The monoisotopic (exact) mass is 467 g/mol. The number of allylic oxidation sites excluding steroid dienone is 1. The smallest absolute Gasteiger partial charge is 0.282 e. The van der Waals surface area contributed by atoms with Gasteiger partial charge in [-0.05, 0) is 55.0 Å². The number of nitrogens with zero attached hydrogens (tertiary/aromatic N) is 2. The highest BCUT2D eigenvalue weighted by Crippen LogP contribution is 2.30. The molecule has 2 aromatic rings. The minimum atomic E-state index is -0.499. The number of ether oxygens (including phenoxy) is 3. The van der Waals surface area contributed by atoms with Crippen molar-refractivity contribution in [3.63, 3.8) is 0 Å². The van der Waals surface area contributed by atoms with Crippen LogP contribution in [0.15, 0.2) is 64.9 Å². The van der Waals surface area contributed by atoms with Crippen LogP contribution in [0, 0.1) is 5.41 Å². The zero-order valence-corrected chi connectivity index (χ0v) is 18.9. The van der Waals surface area contributed by atoms with E-state index in [9.17, 15) is 4.79 Å². The van der Waals surface area contributed by atoms with Crippen LogP contribution in [0.4, 0.5) is 0 Å². The third-order valence-electron chi connectivity index (χ3n) is 4.81. The van der Waals surface area contributed by atoms with Crippen molar-refractivity contribution in [3.8, 4) is 17.2 Å². The average molecular weight is 468 g/mol. The lowest BCUT2D eigenvalue weighted by Crippen LogP contribution is -2.38. The Morgan fingerprint density at radius 3 is 2.64 bits per heavy atom. The van der Waals surface area contributed by atoms with Crippen LogP contribution >= 0.6 is 11.6 Å². The van der Waals surface area contributed by atoms with Crippen LogP contribution in [0.3, 0.4) is 0 Å². The molecule has 0 aromatic heterocycles. The molecule has 8 nitrogen and oxygen atoms in total. The van der Waals surface area contributed by atoms with Crippen molar-refractivity contribution in [1.82, 2.24) is 5.06 Å². The second kappa shape index (κ2) is 9.79. The van der Waals surface area contributed by atoms with Gasteiger partial charge in [-0.3, -0.25) is 10.2 Å². The number of benzene rings is 2. The average Bonchev–Trinajstić information content (AvgIpc) is 3.18. The van der Waals surface area contributed by atoms with E-state index in [4.69, 9.17) is 36.1 Å². The van der Waals surface area contributed by atoms with E-state index in [1.807, 2.05) is 12.1 Å². The Bertz CT molecular complexity index is 1170. The summed E-state index contributed by atoms with van der Waals surface area (Å²) in [5.74, 6) is 2.13. The maximum atomic E-state index is 12.4. The first-order chi connectivity index (χ1) is 15.9. The molecule has 0 spiro atoms. The molecular weight excluding hydrogens is 446 g/mol. The number of aliphatic imine (C=N–C) groups is 1. The Morgan fingerprint density at radius 2 is 1.88 bits per heavy atom. The molecule has 4 rings (SSSR count). The zero-order chi connectivity index (χ0) is 23.4. The number of amidine groups is 2. The van der Waals surface area contributed by atoms with Gasteiger partial charge in [0.2, 0.25) is 0 Å². The first-order valence-corrected chi connectivity index (χ1v) is 10.6. The topological polar surface area (TPSA) is 93.4 Å². The fraction of sp³-hybridized carbons (Fsp3) is 0.208. The van der Waals surface area contributed by atoms with Gasteiger partial charge in [0.25, 0.3) is 5.91 Å². The molecule has 33 heavy (non-hydrogen) atoms. The first kappa shape index (κ1) is 22.4. The number of fused-ring (bicyclic) bond motifs is 1. The Morgan fingerprint density at radius 1 is 1.12 bits per heavy atom. The largest absolute Gasteiger partial charge is 0.493 e. The molecule has 0 atom stereocenters. The summed E-state index contributed by atoms with van der Waals surface area (Å²) in [5.41, 5.74) is 0.790. The summed E-state index contributed by atoms with van der Waals surface area (Å²) >= 11 is 5.86. The molecule has 0 unspecified atom stereocenters. The van der Waals surface area contributed by atoms with Gasteiger partial charge in [0.15, 0.2) is 23.2 Å². The molecule has 0 fully saturated rings. The lowest BCUT2D eigenvalue weighted by Gasteiger charge is -2.23. The van der Waals surface area contributed by atoms with Crippen LogP contribution in [0.5, 0.6) is 17.2 Å². The molecule has 0 radical (unpaired) electrons. The molecular formula is C24H22ClN3O5. The highest BCUT2D eigenvalue weighted by molar-refractivity contribution is 6.32. The number of carbonyl (C=O) groups excluding carboxylic acids is 1. The summed E-state index contributed by atoms with van der Waals surface area (Å²) < 4.78 is 16.9. The second-order valence-corrected chi connectivity index (χ2v) is 7.67. The third kappa shape index (κ3) is 5.18. The van der Waals surface area contributed by atoms with Crippen LogP contribution in [0.25, 0.3) is 6.08 Å². The number of rotatable bonds is 8. The Balaban J connectivity index is 1.37. The van der Waals surface area contributed by atoms with Crippen molar-refractivity contribution >= 4 is 35.3 Å². The summed E-state index contributed by atoms with van der Waals surface area (Å²) in [4.78, 5) is 21.8. The Hall–Kier alpha value is -3.78. The number of hydroxylamine groups is 2. The maximum Gasteiger partial charge on any atom is 0.282 e. The number of nitrogens with one attached hydrogen (secondary N) is 1. The van der Waals surface area contributed by atoms with Gasteiger partial charge in [0.05, 0.1) is 25.9 Å². The van der Waals surface area contributed by atoms with Crippen molar-refractivity contribution in [2.75, 3.05) is 20.3 Å². The number of carbonyl (C=O) groups is 1. The van der Waals surface area contributed by atoms with Crippen LogP contribution < -0.4 is 14.2 Å². The van der Waals surface area contributed by atoms with Gasteiger partial charge in [-0.1, -0.05) is 17.7 Å². The molecule has 1 amide bonds. The minimum absolute atomic E-state index is 0.0712. The predicted octanol–water partition coefficient (Wildman–Crippen LogP) is 4.65. The van der Waals surface area contributed by atoms with Gasteiger partial charge in [-0.15, -0.1) is 5.06 Å². The fourth-order valence-corrected chi connectivity index (χ4v) is 3.35. The fourth-order valence-electron chi connectivity index (χ4n) is 3.22. The molecule has 2 aliphatic heterocycles. The van der Waals surface area contributed by atoms with E-state index in [1.54, 1.807) is 56.5 Å². The molecule has 1 N–H and O–H groups in total. The number of methoxy groups -OCH3 is 1. The second-order valence-electron chi connectivity index (χ2n) is 7.24. The van der Waals surface area contributed by atoms with Crippen molar-refractivity contribution in [2.24, 2.45) is 4.99 Å². The number of hydrogen-bond donors (Lipinski definition) is 1. The number of hydrogen-bond acceptors (Lipinski definition) is 6. The Kier molecular flexibility index (Phi) is 6.65. The third-order valence-corrected chi connectivity index (χ3v) is 5.06. The van der Waals surface area contributed by atoms with Crippen molar-refractivity contribution in [2.45, 2.75) is 13.3 Å². The van der Waals surface area contributed by atoms with Crippen LogP contribution in [-0.2, 0) is 9.63 Å². The molecule has 170 valence electrons. The van der Waals surface area contributed by atoms with E-state index in [0.29, 0.717) is 53.3 Å². The summed E-state index contributed by atoms with van der Waals surface area (Å²) in [6.45, 7) is 2.66. The maximum absolute atomic E-state index is 12.4. The van der Waals surface area contributed by atoms with E-state index in [2.05, 4.69) is 4.99 Å².